The zero-order valence-electron chi connectivity index (χ0n) is 12.1. The van der Waals surface area contributed by atoms with Crippen LogP contribution in [0.3, 0.4) is 0 Å². The maximum Gasteiger partial charge on any atom is 0.261 e. The van der Waals surface area contributed by atoms with Gasteiger partial charge in [-0.1, -0.05) is 12.1 Å². The molecule has 20 heavy (non-hydrogen) atoms. The van der Waals surface area contributed by atoms with E-state index < -0.39 is 5.54 Å². The summed E-state index contributed by atoms with van der Waals surface area (Å²) in [6, 6.07) is 7.54. The number of hydrogen-bond donors (Lipinski definition) is 1. The lowest BCUT2D eigenvalue weighted by atomic mass is 9.99. The summed E-state index contributed by atoms with van der Waals surface area (Å²) in [7, 11) is 0. The molecule has 0 atom stereocenters. The van der Waals surface area contributed by atoms with Gasteiger partial charge in [0.1, 0.15) is 11.3 Å². The molecule has 1 aliphatic rings. The molecule has 0 aliphatic carbocycles. The molecule has 1 fully saturated rings. The number of ether oxygens (including phenoxy) is 1. The molecule has 1 aromatic rings. The largest absolute Gasteiger partial charge is 0.484 e. The zero-order chi connectivity index (χ0) is 14.8. The van der Waals surface area contributed by atoms with Crippen LogP contribution in [0, 0.1) is 6.92 Å². The minimum Gasteiger partial charge on any atom is -0.484 e. The number of aryl methyl sites for hydroxylation is 1. The third kappa shape index (κ3) is 2.92. The van der Waals surface area contributed by atoms with Crippen molar-refractivity contribution >= 4 is 11.8 Å². The van der Waals surface area contributed by atoms with Gasteiger partial charge in [-0.15, -0.1) is 0 Å². The fraction of sp³-hybridized carbons (Fsp3) is 0.467. The first-order chi connectivity index (χ1) is 9.41. The Morgan fingerprint density at radius 1 is 1.45 bits per heavy atom. The van der Waals surface area contributed by atoms with E-state index in [-0.39, 0.29) is 18.4 Å². The molecule has 1 N–H and O–H groups in total. The number of carbonyl (C=O) groups excluding carboxylic acids is 2. The summed E-state index contributed by atoms with van der Waals surface area (Å²) in [5.74, 6) is 0.358. The fourth-order valence-corrected chi connectivity index (χ4v) is 2.26. The van der Waals surface area contributed by atoms with Crippen molar-refractivity contribution in [1.29, 1.82) is 0 Å². The number of hydrogen-bond acceptors (Lipinski definition) is 3. The normalized spacial score (nSPS) is 17.6. The topological polar surface area (TPSA) is 58.6 Å². The first-order valence-corrected chi connectivity index (χ1v) is 6.69. The molecule has 1 aromatic carbocycles. The van der Waals surface area contributed by atoms with Gasteiger partial charge in [0.15, 0.2) is 6.61 Å². The summed E-state index contributed by atoms with van der Waals surface area (Å²) in [5, 5.41) is 2.76. The number of nitrogens with one attached hydrogen (secondary N) is 1. The molecule has 5 nitrogen and oxygen atoms in total. The van der Waals surface area contributed by atoms with Crippen molar-refractivity contribution in [2.75, 3.05) is 19.7 Å². The van der Waals surface area contributed by atoms with Crippen LogP contribution in [0.15, 0.2) is 24.3 Å². The lowest BCUT2D eigenvalue weighted by molar-refractivity contribution is -0.150. The molecule has 2 rings (SSSR count). The van der Waals surface area contributed by atoms with Crippen molar-refractivity contribution in [2.24, 2.45) is 0 Å². The summed E-state index contributed by atoms with van der Waals surface area (Å²) in [5.41, 5.74) is 0.248. The summed E-state index contributed by atoms with van der Waals surface area (Å²) < 4.78 is 5.51. The number of amides is 2. The molecular formula is C15H20N2O3. The Hall–Kier alpha value is -2.04. The quantitative estimate of drug-likeness (QED) is 0.899. The highest BCUT2D eigenvalue weighted by Gasteiger charge is 2.40. The van der Waals surface area contributed by atoms with Crippen molar-refractivity contribution in [1.82, 2.24) is 10.2 Å². The van der Waals surface area contributed by atoms with E-state index in [1.807, 2.05) is 31.2 Å². The Balaban J connectivity index is 1.99. The minimum atomic E-state index is -0.828. The Morgan fingerprint density at radius 2 is 2.20 bits per heavy atom. The average Bonchev–Trinajstić information content (AvgIpc) is 2.39. The second-order valence-corrected chi connectivity index (χ2v) is 5.47. The predicted molar refractivity (Wildman–Crippen MR) is 75.5 cm³/mol. The van der Waals surface area contributed by atoms with Crippen LogP contribution in [0.25, 0.3) is 0 Å². The molecule has 0 spiro atoms. The molecule has 0 bridgehead atoms. The first kappa shape index (κ1) is 14.4. The highest BCUT2D eigenvalue weighted by Crippen LogP contribution is 2.18. The van der Waals surface area contributed by atoms with E-state index in [0.29, 0.717) is 18.8 Å². The van der Waals surface area contributed by atoms with Gasteiger partial charge in [0.2, 0.25) is 5.91 Å². The second-order valence-electron chi connectivity index (χ2n) is 5.47. The van der Waals surface area contributed by atoms with Crippen LogP contribution in [0.2, 0.25) is 0 Å². The number of carbonyl (C=O) groups is 2. The lowest BCUT2D eigenvalue weighted by Crippen LogP contribution is -2.64. The Kier molecular flexibility index (Phi) is 3.97. The molecule has 0 unspecified atom stereocenters. The molecule has 0 saturated carbocycles. The summed E-state index contributed by atoms with van der Waals surface area (Å²) in [6.45, 7) is 6.39. The van der Waals surface area contributed by atoms with Crippen molar-refractivity contribution in [2.45, 2.75) is 26.3 Å². The smallest absolute Gasteiger partial charge is 0.261 e. The van der Waals surface area contributed by atoms with Gasteiger partial charge in [0.05, 0.1) is 0 Å². The zero-order valence-corrected chi connectivity index (χ0v) is 12.1. The molecule has 1 aliphatic heterocycles. The van der Waals surface area contributed by atoms with E-state index in [2.05, 4.69) is 5.32 Å². The molecule has 1 heterocycles. The molecule has 1 saturated heterocycles. The Bertz CT molecular complexity index is 526. The number of piperazine rings is 1. The maximum absolute atomic E-state index is 12.2. The van der Waals surface area contributed by atoms with Gasteiger partial charge < -0.3 is 15.0 Å². The summed E-state index contributed by atoms with van der Waals surface area (Å²) in [6.07, 6.45) is 0. The van der Waals surface area contributed by atoms with E-state index in [1.165, 1.54) is 0 Å². The van der Waals surface area contributed by atoms with E-state index >= 15 is 0 Å². The molecule has 2 amide bonds. The van der Waals surface area contributed by atoms with Crippen LogP contribution in [0.1, 0.15) is 19.4 Å². The lowest BCUT2D eigenvalue weighted by Gasteiger charge is -2.41. The van der Waals surface area contributed by atoms with Crippen molar-refractivity contribution in [3.05, 3.63) is 29.8 Å². The molecular weight excluding hydrogens is 256 g/mol. The van der Waals surface area contributed by atoms with Crippen LogP contribution in [0.4, 0.5) is 0 Å². The van der Waals surface area contributed by atoms with Crippen LogP contribution in [0.5, 0.6) is 5.75 Å². The van der Waals surface area contributed by atoms with Gasteiger partial charge in [0, 0.05) is 13.1 Å². The van der Waals surface area contributed by atoms with Gasteiger partial charge in [-0.2, -0.15) is 0 Å². The van der Waals surface area contributed by atoms with Crippen molar-refractivity contribution in [3.8, 4) is 5.75 Å². The number of rotatable bonds is 3. The highest BCUT2D eigenvalue weighted by molar-refractivity contribution is 5.92. The highest BCUT2D eigenvalue weighted by atomic mass is 16.5. The fourth-order valence-electron chi connectivity index (χ4n) is 2.26. The Labute approximate surface area is 118 Å². The van der Waals surface area contributed by atoms with Crippen LogP contribution >= 0.6 is 0 Å². The van der Waals surface area contributed by atoms with Gasteiger partial charge in [-0.25, -0.2) is 0 Å². The van der Waals surface area contributed by atoms with Crippen LogP contribution < -0.4 is 10.1 Å². The SMILES string of the molecule is Cc1cccc(OCC(=O)N2CCNC(=O)C2(C)C)c1. The maximum atomic E-state index is 12.2. The van der Waals surface area contributed by atoms with E-state index in [1.54, 1.807) is 18.7 Å². The summed E-state index contributed by atoms with van der Waals surface area (Å²) >= 11 is 0. The van der Waals surface area contributed by atoms with Gasteiger partial charge >= 0.3 is 0 Å². The second kappa shape index (κ2) is 5.53. The monoisotopic (exact) mass is 276 g/mol. The molecule has 108 valence electrons. The number of benzene rings is 1. The van der Waals surface area contributed by atoms with E-state index in [9.17, 15) is 9.59 Å². The van der Waals surface area contributed by atoms with Crippen molar-refractivity contribution in [3.63, 3.8) is 0 Å². The van der Waals surface area contributed by atoms with Gasteiger partial charge in [0.25, 0.3) is 5.91 Å². The predicted octanol–water partition coefficient (Wildman–Crippen LogP) is 1.11. The molecule has 0 radical (unpaired) electrons. The summed E-state index contributed by atoms with van der Waals surface area (Å²) in [4.78, 5) is 25.6. The van der Waals surface area contributed by atoms with E-state index in [4.69, 9.17) is 4.74 Å². The third-order valence-electron chi connectivity index (χ3n) is 3.50. The van der Waals surface area contributed by atoms with Crippen molar-refractivity contribution < 1.29 is 14.3 Å². The minimum absolute atomic E-state index is 0.0554. The van der Waals surface area contributed by atoms with Crippen LogP contribution in [-0.2, 0) is 9.59 Å². The average molecular weight is 276 g/mol. The van der Waals surface area contributed by atoms with Gasteiger partial charge in [-0.05, 0) is 38.5 Å². The number of nitrogens with zero attached hydrogens (tertiary/aromatic N) is 1. The standard InChI is InChI=1S/C15H20N2O3/c1-11-5-4-6-12(9-11)20-10-13(18)17-8-7-16-14(19)15(17,2)3/h4-6,9H,7-8,10H2,1-3H3,(H,16,19). The Morgan fingerprint density at radius 3 is 2.90 bits per heavy atom. The van der Waals surface area contributed by atoms with Crippen LogP contribution in [-0.4, -0.2) is 41.9 Å². The molecule has 0 aromatic heterocycles. The van der Waals surface area contributed by atoms with E-state index in [0.717, 1.165) is 5.56 Å². The third-order valence-corrected chi connectivity index (χ3v) is 3.50. The molecule has 5 heteroatoms. The van der Waals surface area contributed by atoms with Gasteiger partial charge in [-0.3, -0.25) is 9.59 Å². The first-order valence-electron chi connectivity index (χ1n) is 6.69.